The number of aromatic carboxylic acids is 1. The number of nitrogens with one attached hydrogen (secondary N) is 2. The summed E-state index contributed by atoms with van der Waals surface area (Å²) in [4.78, 5) is 20.2. The maximum Gasteiger partial charge on any atom is 0.335 e. The van der Waals surface area contributed by atoms with Crippen molar-refractivity contribution in [1.82, 2.24) is 9.97 Å². The molecule has 0 saturated heterocycles. The maximum atomic E-state index is 11.0. The molecule has 0 aliphatic carbocycles. The van der Waals surface area contributed by atoms with Crippen molar-refractivity contribution in [2.75, 3.05) is 10.6 Å². The van der Waals surface area contributed by atoms with Crippen LogP contribution in [0.5, 0.6) is 0 Å². The Bertz CT molecular complexity index is 1110. The molecule has 0 aliphatic rings. The Kier molecular flexibility index (Phi) is 4.84. The number of carboxylic acid groups (broad SMARTS) is 1. The fourth-order valence-electron chi connectivity index (χ4n) is 2.87. The number of carbonyl (C=O) groups is 1. The lowest BCUT2D eigenvalue weighted by Gasteiger charge is -2.12. The molecule has 3 aromatic carbocycles. The van der Waals surface area contributed by atoms with E-state index < -0.39 is 5.97 Å². The molecule has 6 nitrogen and oxygen atoms in total. The molecule has 0 unspecified atom stereocenters. The highest BCUT2D eigenvalue weighted by Gasteiger charge is 2.08. The van der Waals surface area contributed by atoms with E-state index in [1.807, 2.05) is 42.5 Å². The van der Waals surface area contributed by atoms with E-state index in [1.165, 1.54) is 0 Å². The van der Waals surface area contributed by atoms with Crippen LogP contribution in [0.1, 0.15) is 15.9 Å². The number of nitrogens with zero attached hydrogens (tertiary/aromatic N) is 2. The highest BCUT2D eigenvalue weighted by Crippen LogP contribution is 2.24. The average Bonchev–Trinajstić information content (AvgIpc) is 2.73. The molecule has 0 atom stereocenters. The minimum absolute atomic E-state index is 0.232. The van der Waals surface area contributed by atoms with Gasteiger partial charge in [-0.25, -0.2) is 9.78 Å². The molecule has 0 aliphatic heterocycles. The van der Waals surface area contributed by atoms with Crippen molar-refractivity contribution in [2.45, 2.75) is 6.54 Å². The third kappa shape index (κ3) is 3.91. The number of fused-ring (bicyclic) bond motifs is 1. The highest BCUT2D eigenvalue weighted by molar-refractivity contribution is 5.90. The molecule has 0 saturated carbocycles. The quantitative estimate of drug-likeness (QED) is 0.457. The van der Waals surface area contributed by atoms with Gasteiger partial charge in [0.05, 0.1) is 11.1 Å². The predicted molar refractivity (Wildman–Crippen MR) is 110 cm³/mol. The number of hydrogen-bond acceptors (Lipinski definition) is 5. The molecule has 1 heterocycles. The topological polar surface area (TPSA) is 87.1 Å². The minimum Gasteiger partial charge on any atom is -0.478 e. The standard InChI is InChI=1S/C22H18N4O2/c27-21(28)16-10-12-17(13-11-16)24-22-25-19-9-5-4-8-18(19)20(26-22)23-14-15-6-2-1-3-7-15/h1-13H,14H2,(H,27,28)(H2,23,24,25,26). The SMILES string of the molecule is O=C(O)c1ccc(Nc2nc(NCc3ccccc3)c3ccccc3n2)cc1. The van der Waals surface area contributed by atoms with E-state index in [9.17, 15) is 4.79 Å². The summed E-state index contributed by atoms with van der Waals surface area (Å²) in [5.74, 6) is 0.220. The summed E-state index contributed by atoms with van der Waals surface area (Å²) in [7, 11) is 0. The molecule has 0 bridgehead atoms. The predicted octanol–water partition coefficient (Wildman–Crippen LogP) is 4.68. The van der Waals surface area contributed by atoms with Crippen LogP contribution < -0.4 is 10.6 Å². The van der Waals surface area contributed by atoms with Gasteiger partial charge < -0.3 is 15.7 Å². The first kappa shape index (κ1) is 17.5. The van der Waals surface area contributed by atoms with Crippen LogP contribution >= 0.6 is 0 Å². The molecule has 0 spiro atoms. The van der Waals surface area contributed by atoms with Crippen LogP contribution in [0.25, 0.3) is 10.9 Å². The molecule has 0 amide bonds. The lowest BCUT2D eigenvalue weighted by molar-refractivity contribution is 0.0697. The summed E-state index contributed by atoms with van der Waals surface area (Å²) in [5.41, 5.74) is 2.92. The van der Waals surface area contributed by atoms with Gasteiger partial charge in [0.2, 0.25) is 5.95 Å². The minimum atomic E-state index is -0.957. The smallest absolute Gasteiger partial charge is 0.335 e. The van der Waals surface area contributed by atoms with Crippen molar-refractivity contribution < 1.29 is 9.90 Å². The number of hydrogen-bond donors (Lipinski definition) is 3. The van der Waals surface area contributed by atoms with Gasteiger partial charge in [-0.15, -0.1) is 0 Å². The van der Waals surface area contributed by atoms with Crippen molar-refractivity contribution in [3.05, 3.63) is 90.0 Å². The molecule has 4 rings (SSSR count). The largest absolute Gasteiger partial charge is 0.478 e. The van der Waals surface area contributed by atoms with Crippen molar-refractivity contribution >= 4 is 34.3 Å². The number of rotatable bonds is 6. The van der Waals surface area contributed by atoms with Crippen LogP contribution in [0.2, 0.25) is 0 Å². The second kappa shape index (κ2) is 7.75. The lowest BCUT2D eigenvalue weighted by Crippen LogP contribution is -2.06. The van der Waals surface area contributed by atoms with Gasteiger partial charge in [-0.2, -0.15) is 4.98 Å². The normalized spacial score (nSPS) is 10.6. The van der Waals surface area contributed by atoms with E-state index >= 15 is 0 Å². The van der Waals surface area contributed by atoms with E-state index in [0.29, 0.717) is 18.2 Å². The summed E-state index contributed by atoms with van der Waals surface area (Å²) < 4.78 is 0. The molecule has 4 aromatic rings. The number of aromatic nitrogens is 2. The van der Waals surface area contributed by atoms with Crippen molar-refractivity contribution in [3.8, 4) is 0 Å². The summed E-state index contributed by atoms with van der Waals surface area (Å²) in [6, 6.07) is 24.4. The summed E-state index contributed by atoms with van der Waals surface area (Å²) in [5, 5.41) is 16.5. The first-order valence-corrected chi connectivity index (χ1v) is 8.84. The van der Waals surface area contributed by atoms with Crippen LogP contribution in [-0.2, 0) is 6.54 Å². The monoisotopic (exact) mass is 370 g/mol. The zero-order valence-corrected chi connectivity index (χ0v) is 15.0. The number of carboxylic acids is 1. The zero-order chi connectivity index (χ0) is 19.3. The van der Waals surface area contributed by atoms with Crippen molar-refractivity contribution in [3.63, 3.8) is 0 Å². The Hall–Kier alpha value is -3.93. The number of benzene rings is 3. The summed E-state index contributed by atoms with van der Waals surface area (Å²) in [6.07, 6.45) is 0. The van der Waals surface area contributed by atoms with Gasteiger partial charge in [-0.3, -0.25) is 0 Å². The second-order valence-corrected chi connectivity index (χ2v) is 6.26. The van der Waals surface area contributed by atoms with Gasteiger partial charge in [0, 0.05) is 17.6 Å². The molecule has 0 radical (unpaired) electrons. The third-order valence-corrected chi connectivity index (χ3v) is 4.29. The molecule has 28 heavy (non-hydrogen) atoms. The van der Waals surface area contributed by atoms with E-state index in [4.69, 9.17) is 5.11 Å². The fraction of sp³-hybridized carbons (Fsp3) is 0.0455. The summed E-state index contributed by atoms with van der Waals surface area (Å²) in [6.45, 7) is 0.647. The lowest BCUT2D eigenvalue weighted by atomic mass is 10.2. The molecular formula is C22H18N4O2. The number of anilines is 3. The molecule has 6 heteroatoms. The maximum absolute atomic E-state index is 11.0. The van der Waals surface area contributed by atoms with Crippen LogP contribution in [0.4, 0.5) is 17.5 Å². The van der Waals surface area contributed by atoms with Crippen LogP contribution in [0.15, 0.2) is 78.9 Å². The average molecular weight is 370 g/mol. The first-order chi connectivity index (χ1) is 13.7. The highest BCUT2D eigenvalue weighted by atomic mass is 16.4. The molecule has 1 aromatic heterocycles. The van der Waals surface area contributed by atoms with Gasteiger partial charge in [0.15, 0.2) is 0 Å². The van der Waals surface area contributed by atoms with E-state index in [1.54, 1.807) is 24.3 Å². The molecule has 138 valence electrons. The van der Waals surface area contributed by atoms with Gasteiger partial charge in [0.25, 0.3) is 0 Å². The molecule has 3 N–H and O–H groups in total. The first-order valence-electron chi connectivity index (χ1n) is 8.84. The van der Waals surface area contributed by atoms with E-state index in [0.717, 1.165) is 22.3 Å². The van der Waals surface area contributed by atoms with Crippen molar-refractivity contribution in [2.24, 2.45) is 0 Å². The Morgan fingerprint density at radius 3 is 2.32 bits per heavy atom. The van der Waals surface area contributed by atoms with Crippen LogP contribution in [-0.4, -0.2) is 21.0 Å². The second-order valence-electron chi connectivity index (χ2n) is 6.26. The zero-order valence-electron chi connectivity index (χ0n) is 15.0. The Balaban J connectivity index is 1.62. The Morgan fingerprint density at radius 1 is 0.857 bits per heavy atom. The fourth-order valence-corrected chi connectivity index (χ4v) is 2.87. The van der Waals surface area contributed by atoms with Crippen molar-refractivity contribution in [1.29, 1.82) is 0 Å². The van der Waals surface area contributed by atoms with Gasteiger partial charge in [-0.1, -0.05) is 42.5 Å². The van der Waals surface area contributed by atoms with Crippen LogP contribution in [0.3, 0.4) is 0 Å². The Morgan fingerprint density at radius 2 is 1.57 bits per heavy atom. The third-order valence-electron chi connectivity index (χ3n) is 4.29. The van der Waals surface area contributed by atoms with Gasteiger partial charge in [-0.05, 0) is 42.0 Å². The van der Waals surface area contributed by atoms with E-state index in [-0.39, 0.29) is 5.56 Å². The molecule has 0 fully saturated rings. The van der Waals surface area contributed by atoms with E-state index in [2.05, 4.69) is 32.7 Å². The Labute approximate surface area is 161 Å². The molecular weight excluding hydrogens is 352 g/mol. The van der Waals surface area contributed by atoms with Gasteiger partial charge >= 0.3 is 5.97 Å². The van der Waals surface area contributed by atoms with Crippen LogP contribution in [0, 0.1) is 0 Å². The summed E-state index contributed by atoms with van der Waals surface area (Å²) >= 11 is 0. The number of para-hydroxylation sites is 1. The van der Waals surface area contributed by atoms with Gasteiger partial charge in [0.1, 0.15) is 5.82 Å².